The highest BCUT2D eigenvalue weighted by molar-refractivity contribution is 7.99. The van der Waals surface area contributed by atoms with Crippen LogP contribution in [0.5, 0.6) is 0 Å². The summed E-state index contributed by atoms with van der Waals surface area (Å²) in [5.41, 5.74) is 0.0594. The molecule has 6 nitrogen and oxygen atoms in total. The second-order valence-electron chi connectivity index (χ2n) is 4.33. The van der Waals surface area contributed by atoms with Crippen molar-refractivity contribution < 1.29 is 4.92 Å². The van der Waals surface area contributed by atoms with Crippen LogP contribution in [0.1, 0.15) is 24.8 Å². The predicted octanol–water partition coefficient (Wildman–Crippen LogP) is 2.56. The van der Waals surface area contributed by atoms with Crippen molar-refractivity contribution in [2.24, 2.45) is 0 Å². The SMILES string of the molecule is N#Cc1cc([N+](=O)[O-])cnc1NCC1CCCCS1. The van der Waals surface area contributed by atoms with E-state index in [9.17, 15) is 10.1 Å². The standard InChI is InChI=1S/C12H14N4O2S/c13-6-9-5-10(16(17)18)7-14-12(9)15-8-11-3-1-2-4-19-11/h5,7,11H,1-4,8H2,(H,14,15). The Morgan fingerprint density at radius 1 is 1.63 bits per heavy atom. The summed E-state index contributed by atoms with van der Waals surface area (Å²) in [5, 5.41) is 23.3. The van der Waals surface area contributed by atoms with Crippen LogP contribution in [0.3, 0.4) is 0 Å². The minimum absolute atomic E-state index is 0.158. The molecule has 1 aromatic rings. The predicted molar refractivity (Wildman–Crippen MR) is 74.2 cm³/mol. The van der Waals surface area contributed by atoms with Crippen LogP contribution in [0.4, 0.5) is 11.5 Å². The van der Waals surface area contributed by atoms with Gasteiger partial charge in [-0.25, -0.2) is 4.98 Å². The lowest BCUT2D eigenvalue weighted by atomic mass is 10.2. The van der Waals surface area contributed by atoms with Crippen molar-refractivity contribution in [3.8, 4) is 6.07 Å². The first kappa shape index (κ1) is 13.6. The Bertz CT molecular complexity index is 509. The fourth-order valence-electron chi connectivity index (χ4n) is 1.96. The summed E-state index contributed by atoms with van der Waals surface area (Å²) in [7, 11) is 0. The molecule has 0 spiro atoms. The molecular weight excluding hydrogens is 264 g/mol. The van der Waals surface area contributed by atoms with E-state index in [1.54, 1.807) is 0 Å². The average Bonchev–Trinajstić information content (AvgIpc) is 2.45. The topological polar surface area (TPSA) is 91.8 Å². The first-order chi connectivity index (χ1) is 9.20. The van der Waals surface area contributed by atoms with Gasteiger partial charge in [-0.1, -0.05) is 6.42 Å². The van der Waals surface area contributed by atoms with Crippen LogP contribution in [0.15, 0.2) is 12.3 Å². The van der Waals surface area contributed by atoms with Crippen LogP contribution < -0.4 is 5.32 Å². The van der Waals surface area contributed by atoms with E-state index in [2.05, 4.69) is 10.3 Å². The third kappa shape index (κ3) is 3.58. The van der Waals surface area contributed by atoms with Crippen molar-refractivity contribution in [1.29, 1.82) is 5.26 Å². The lowest BCUT2D eigenvalue weighted by Gasteiger charge is -2.21. The molecule has 0 aliphatic carbocycles. The van der Waals surface area contributed by atoms with Gasteiger partial charge < -0.3 is 5.32 Å². The highest BCUT2D eigenvalue weighted by Gasteiger charge is 2.16. The number of hydrogen-bond acceptors (Lipinski definition) is 6. The molecule has 2 heterocycles. The molecular formula is C12H14N4O2S. The van der Waals surface area contributed by atoms with E-state index in [0.29, 0.717) is 11.1 Å². The second-order valence-corrected chi connectivity index (χ2v) is 5.74. The maximum Gasteiger partial charge on any atom is 0.289 e. The van der Waals surface area contributed by atoms with E-state index in [1.807, 2.05) is 17.8 Å². The minimum Gasteiger partial charge on any atom is -0.368 e. The van der Waals surface area contributed by atoms with Crippen LogP contribution in [0.2, 0.25) is 0 Å². The first-order valence-corrected chi connectivity index (χ1v) is 7.15. The van der Waals surface area contributed by atoms with Crippen molar-refractivity contribution >= 4 is 23.3 Å². The fourth-order valence-corrected chi connectivity index (χ4v) is 3.20. The van der Waals surface area contributed by atoms with Gasteiger partial charge in [0.1, 0.15) is 23.6 Å². The van der Waals surface area contributed by atoms with E-state index in [4.69, 9.17) is 5.26 Å². The van der Waals surface area contributed by atoms with Gasteiger partial charge in [-0.3, -0.25) is 10.1 Å². The molecule has 1 aliphatic heterocycles. The van der Waals surface area contributed by atoms with Crippen molar-refractivity contribution in [2.45, 2.75) is 24.5 Å². The number of pyridine rings is 1. The minimum atomic E-state index is -0.547. The van der Waals surface area contributed by atoms with Gasteiger partial charge in [-0.15, -0.1) is 0 Å². The third-order valence-electron chi connectivity index (χ3n) is 2.98. The Morgan fingerprint density at radius 3 is 3.11 bits per heavy atom. The van der Waals surface area contributed by atoms with Gasteiger partial charge in [-0.2, -0.15) is 17.0 Å². The molecule has 0 radical (unpaired) electrons. The fraction of sp³-hybridized carbons (Fsp3) is 0.500. The molecule has 0 bridgehead atoms. The molecule has 1 unspecified atom stereocenters. The van der Waals surface area contributed by atoms with E-state index in [-0.39, 0.29) is 11.3 Å². The zero-order chi connectivity index (χ0) is 13.7. The van der Waals surface area contributed by atoms with Crippen LogP contribution in [0, 0.1) is 21.4 Å². The molecule has 19 heavy (non-hydrogen) atoms. The molecule has 0 amide bonds. The molecule has 1 aromatic heterocycles. The summed E-state index contributed by atoms with van der Waals surface area (Å²) in [4.78, 5) is 14.0. The van der Waals surface area contributed by atoms with Crippen LogP contribution in [-0.4, -0.2) is 27.5 Å². The number of aromatic nitrogens is 1. The van der Waals surface area contributed by atoms with Gasteiger partial charge in [0.15, 0.2) is 0 Å². The molecule has 2 rings (SSSR count). The van der Waals surface area contributed by atoms with Crippen LogP contribution in [-0.2, 0) is 0 Å². The maximum absolute atomic E-state index is 10.6. The summed E-state index contributed by atoms with van der Waals surface area (Å²) in [6, 6.07) is 3.20. The number of nitriles is 1. The number of nitrogens with zero attached hydrogens (tertiary/aromatic N) is 3. The number of nitro groups is 1. The molecule has 0 aromatic carbocycles. The van der Waals surface area contributed by atoms with Gasteiger partial charge >= 0.3 is 0 Å². The maximum atomic E-state index is 10.6. The summed E-state index contributed by atoms with van der Waals surface area (Å²) >= 11 is 1.92. The summed E-state index contributed by atoms with van der Waals surface area (Å²) in [5.74, 6) is 1.60. The number of thioether (sulfide) groups is 1. The Labute approximate surface area is 115 Å². The Balaban J connectivity index is 2.03. The lowest BCUT2D eigenvalue weighted by Crippen LogP contribution is -2.20. The molecule has 1 aliphatic rings. The third-order valence-corrected chi connectivity index (χ3v) is 4.37. The molecule has 1 saturated heterocycles. The average molecular weight is 278 g/mol. The molecule has 7 heteroatoms. The van der Waals surface area contributed by atoms with Gasteiger partial charge in [0.25, 0.3) is 5.69 Å². The Hall–Kier alpha value is -1.81. The second kappa shape index (κ2) is 6.38. The smallest absolute Gasteiger partial charge is 0.289 e. The summed E-state index contributed by atoms with van der Waals surface area (Å²) < 4.78 is 0. The molecule has 0 saturated carbocycles. The normalized spacial score (nSPS) is 18.6. The van der Waals surface area contributed by atoms with Gasteiger partial charge in [-0.05, 0) is 18.6 Å². The number of hydrogen-bond donors (Lipinski definition) is 1. The van der Waals surface area contributed by atoms with E-state index in [0.717, 1.165) is 13.0 Å². The summed E-state index contributed by atoms with van der Waals surface area (Å²) in [6.45, 7) is 0.740. The van der Waals surface area contributed by atoms with Crippen molar-refractivity contribution in [1.82, 2.24) is 4.98 Å². The largest absolute Gasteiger partial charge is 0.368 e. The highest BCUT2D eigenvalue weighted by Crippen LogP contribution is 2.26. The Morgan fingerprint density at radius 2 is 2.47 bits per heavy atom. The number of rotatable bonds is 4. The highest BCUT2D eigenvalue weighted by atomic mass is 32.2. The Kier molecular flexibility index (Phi) is 4.58. The lowest BCUT2D eigenvalue weighted by molar-refractivity contribution is -0.385. The first-order valence-electron chi connectivity index (χ1n) is 6.10. The van der Waals surface area contributed by atoms with Crippen LogP contribution in [0.25, 0.3) is 0 Å². The number of anilines is 1. The zero-order valence-corrected chi connectivity index (χ0v) is 11.2. The quantitative estimate of drug-likeness (QED) is 0.672. The molecule has 1 fully saturated rings. The summed E-state index contributed by atoms with van der Waals surface area (Å²) in [6.07, 6.45) is 4.84. The van der Waals surface area contributed by atoms with E-state index < -0.39 is 4.92 Å². The van der Waals surface area contributed by atoms with Crippen LogP contribution >= 0.6 is 11.8 Å². The van der Waals surface area contributed by atoms with E-state index >= 15 is 0 Å². The monoisotopic (exact) mass is 278 g/mol. The number of nitrogens with one attached hydrogen (secondary N) is 1. The molecule has 1 N–H and O–H groups in total. The van der Waals surface area contributed by atoms with Crippen molar-refractivity contribution in [3.05, 3.63) is 27.9 Å². The molecule has 100 valence electrons. The van der Waals surface area contributed by atoms with Gasteiger partial charge in [0.2, 0.25) is 0 Å². The van der Waals surface area contributed by atoms with Gasteiger partial charge in [0, 0.05) is 17.9 Å². The van der Waals surface area contributed by atoms with Gasteiger partial charge in [0.05, 0.1) is 4.92 Å². The van der Waals surface area contributed by atoms with E-state index in [1.165, 1.54) is 30.9 Å². The van der Waals surface area contributed by atoms with Crippen molar-refractivity contribution in [3.63, 3.8) is 0 Å². The molecule has 1 atom stereocenters. The zero-order valence-electron chi connectivity index (χ0n) is 10.3. The van der Waals surface area contributed by atoms with Crippen molar-refractivity contribution in [2.75, 3.05) is 17.6 Å².